The number of aliphatic carboxylic acids is 1. The van der Waals surface area contributed by atoms with Crippen LogP contribution in [-0.2, 0) is 18.3 Å². The van der Waals surface area contributed by atoms with Crippen LogP contribution >= 0.6 is 0 Å². The molecule has 0 atom stereocenters. The van der Waals surface area contributed by atoms with Gasteiger partial charge in [0.2, 0.25) is 0 Å². The standard InChI is InChI=1S/C16H20N2O2/c1-10(2)12-6-5-11(3)14(7-12)15-8-13(9-16(19)20)17-18(15)4/h5-8,10H,9H2,1-4H3,(H,19,20). The van der Waals surface area contributed by atoms with Gasteiger partial charge in [-0.05, 0) is 36.1 Å². The number of carbonyl (C=O) groups is 1. The lowest BCUT2D eigenvalue weighted by Gasteiger charge is -2.11. The average molecular weight is 272 g/mol. The van der Waals surface area contributed by atoms with Crippen LogP contribution in [0.2, 0.25) is 0 Å². The first kappa shape index (κ1) is 14.3. The number of rotatable bonds is 4. The quantitative estimate of drug-likeness (QED) is 0.930. The Balaban J connectivity index is 2.48. The fourth-order valence-electron chi connectivity index (χ4n) is 2.29. The Hall–Kier alpha value is -2.10. The van der Waals surface area contributed by atoms with Gasteiger partial charge in [-0.2, -0.15) is 5.10 Å². The van der Waals surface area contributed by atoms with Crippen molar-refractivity contribution in [1.29, 1.82) is 0 Å². The van der Waals surface area contributed by atoms with Crippen molar-refractivity contribution in [1.82, 2.24) is 9.78 Å². The van der Waals surface area contributed by atoms with E-state index in [1.807, 2.05) is 13.1 Å². The van der Waals surface area contributed by atoms with Crippen LogP contribution in [0.5, 0.6) is 0 Å². The molecule has 0 fully saturated rings. The molecule has 4 heteroatoms. The summed E-state index contributed by atoms with van der Waals surface area (Å²) in [6.45, 7) is 6.38. The normalized spacial score (nSPS) is 11.1. The second kappa shape index (κ2) is 5.49. The molecule has 1 heterocycles. The third kappa shape index (κ3) is 2.90. The molecule has 1 aromatic carbocycles. The molecule has 0 radical (unpaired) electrons. The molecule has 0 saturated carbocycles. The minimum atomic E-state index is -0.859. The van der Waals surface area contributed by atoms with E-state index in [4.69, 9.17) is 5.11 Å². The zero-order valence-corrected chi connectivity index (χ0v) is 12.3. The van der Waals surface area contributed by atoms with E-state index in [0.717, 1.165) is 11.3 Å². The van der Waals surface area contributed by atoms with E-state index in [9.17, 15) is 4.79 Å². The van der Waals surface area contributed by atoms with Gasteiger partial charge in [0.25, 0.3) is 0 Å². The van der Waals surface area contributed by atoms with E-state index in [-0.39, 0.29) is 6.42 Å². The third-order valence-corrected chi connectivity index (χ3v) is 3.47. The largest absolute Gasteiger partial charge is 0.481 e. The van der Waals surface area contributed by atoms with E-state index >= 15 is 0 Å². The summed E-state index contributed by atoms with van der Waals surface area (Å²) in [5, 5.41) is 13.1. The maximum absolute atomic E-state index is 10.8. The summed E-state index contributed by atoms with van der Waals surface area (Å²) in [4.78, 5) is 10.8. The molecule has 106 valence electrons. The first-order chi connectivity index (χ1) is 9.38. The Bertz CT molecular complexity index is 642. The van der Waals surface area contributed by atoms with Crippen molar-refractivity contribution in [2.45, 2.75) is 33.1 Å². The number of benzene rings is 1. The maximum atomic E-state index is 10.8. The molecule has 0 aliphatic heterocycles. The summed E-state index contributed by atoms with van der Waals surface area (Å²) >= 11 is 0. The molecule has 0 bridgehead atoms. The van der Waals surface area contributed by atoms with Crippen molar-refractivity contribution in [3.05, 3.63) is 41.1 Å². The SMILES string of the molecule is Cc1ccc(C(C)C)cc1-c1cc(CC(=O)O)nn1C. The zero-order valence-electron chi connectivity index (χ0n) is 12.3. The van der Waals surface area contributed by atoms with Crippen LogP contribution in [0.15, 0.2) is 24.3 Å². The minimum absolute atomic E-state index is 0.0449. The first-order valence-corrected chi connectivity index (χ1v) is 6.74. The van der Waals surface area contributed by atoms with Crippen molar-refractivity contribution < 1.29 is 9.90 Å². The summed E-state index contributed by atoms with van der Waals surface area (Å²) in [6.07, 6.45) is -0.0449. The number of hydrogen-bond donors (Lipinski definition) is 1. The van der Waals surface area contributed by atoms with Gasteiger partial charge < -0.3 is 5.11 Å². The molecular weight excluding hydrogens is 252 g/mol. The maximum Gasteiger partial charge on any atom is 0.309 e. The van der Waals surface area contributed by atoms with Crippen LogP contribution in [0.1, 0.15) is 36.6 Å². The Labute approximate surface area is 119 Å². The highest BCUT2D eigenvalue weighted by atomic mass is 16.4. The number of nitrogens with zero attached hydrogens (tertiary/aromatic N) is 2. The Morgan fingerprint density at radius 1 is 1.35 bits per heavy atom. The number of carboxylic acid groups (broad SMARTS) is 1. The van der Waals surface area contributed by atoms with Gasteiger partial charge in [0, 0.05) is 12.6 Å². The highest BCUT2D eigenvalue weighted by molar-refractivity contribution is 5.71. The van der Waals surface area contributed by atoms with Crippen LogP contribution in [0.25, 0.3) is 11.3 Å². The molecule has 0 unspecified atom stereocenters. The molecule has 2 rings (SSSR count). The van der Waals surface area contributed by atoms with Crippen molar-refractivity contribution in [3.63, 3.8) is 0 Å². The Morgan fingerprint density at radius 2 is 2.05 bits per heavy atom. The van der Waals surface area contributed by atoms with Crippen molar-refractivity contribution >= 4 is 5.97 Å². The van der Waals surface area contributed by atoms with E-state index in [2.05, 4.69) is 44.1 Å². The van der Waals surface area contributed by atoms with Crippen LogP contribution in [0, 0.1) is 6.92 Å². The highest BCUT2D eigenvalue weighted by Gasteiger charge is 2.13. The number of aromatic nitrogens is 2. The molecule has 0 saturated heterocycles. The summed E-state index contributed by atoms with van der Waals surface area (Å²) < 4.78 is 1.75. The Morgan fingerprint density at radius 3 is 2.65 bits per heavy atom. The molecular formula is C16H20N2O2. The number of aryl methyl sites for hydroxylation is 2. The van der Waals surface area contributed by atoms with Gasteiger partial charge in [0.05, 0.1) is 17.8 Å². The van der Waals surface area contributed by atoms with Gasteiger partial charge >= 0.3 is 5.97 Å². The molecule has 0 aliphatic carbocycles. The minimum Gasteiger partial charge on any atom is -0.481 e. The monoisotopic (exact) mass is 272 g/mol. The van der Waals surface area contributed by atoms with Gasteiger partial charge in [0.15, 0.2) is 0 Å². The fraction of sp³-hybridized carbons (Fsp3) is 0.375. The summed E-state index contributed by atoms with van der Waals surface area (Å²) in [6, 6.07) is 8.27. The summed E-state index contributed by atoms with van der Waals surface area (Å²) in [5.41, 5.74) is 5.10. The molecule has 0 spiro atoms. The number of carboxylic acids is 1. The highest BCUT2D eigenvalue weighted by Crippen LogP contribution is 2.27. The van der Waals surface area contributed by atoms with E-state index in [1.54, 1.807) is 4.68 Å². The van der Waals surface area contributed by atoms with E-state index in [0.29, 0.717) is 11.6 Å². The van der Waals surface area contributed by atoms with Gasteiger partial charge in [-0.3, -0.25) is 9.48 Å². The summed E-state index contributed by atoms with van der Waals surface area (Å²) in [7, 11) is 1.85. The van der Waals surface area contributed by atoms with Crippen molar-refractivity contribution in [2.24, 2.45) is 7.05 Å². The Kier molecular flexibility index (Phi) is 3.93. The van der Waals surface area contributed by atoms with Crippen molar-refractivity contribution in [3.8, 4) is 11.3 Å². The molecule has 4 nitrogen and oxygen atoms in total. The lowest BCUT2D eigenvalue weighted by atomic mass is 9.96. The second-order valence-corrected chi connectivity index (χ2v) is 5.44. The molecule has 0 amide bonds. The van der Waals surface area contributed by atoms with Gasteiger partial charge in [0.1, 0.15) is 0 Å². The van der Waals surface area contributed by atoms with Gasteiger partial charge in [-0.15, -0.1) is 0 Å². The lowest BCUT2D eigenvalue weighted by molar-refractivity contribution is -0.136. The van der Waals surface area contributed by atoms with Crippen molar-refractivity contribution in [2.75, 3.05) is 0 Å². The topological polar surface area (TPSA) is 55.1 Å². The van der Waals surface area contributed by atoms with E-state index in [1.165, 1.54) is 11.1 Å². The van der Waals surface area contributed by atoms with Gasteiger partial charge in [-0.1, -0.05) is 26.0 Å². The van der Waals surface area contributed by atoms with Crippen LogP contribution in [0.4, 0.5) is 0 Å². The van der Waals surface area contributed by atoms with Crippen LogP contribution < -0.4 is 0 Å². The molecule has 0 aliphatic rings. The fourth-order valence-corrected chi connectivity index (χ4v) is 2.29. The second-order valence-electron chi connectivity index (χ2n) is 5.44. The lowest BCUT2D eigenvalue weighted by Crippen LogP contribution is -2.01. The summed E-state index contributed by atoms with van der Waals surface area (Å²) in [5.74, 6) is -0.400. The smallest absolute Gasteiger partial charge is 0.309 e. The first-order valence-electron chi connectivity index (χ1n) is 6.74. The molecule has 2 aromatic rings. The van der Waals surface area contributed by atoms with E-state index < -0.39 is 5.97 Å². The van der Waals surface area contributed by atoms with Crippen LogP contribution in [-0.4, -0.2) is 20.9 Å². The molecule has 1 aromatic heterocycles. The van der Waals surface area contributed by atoms with Crippen LogP contribution in [0.3, 0.4) is 0 Å². The number of hydrogen-bond acceptors (Lipinski definition) is 2. The zero-order chi connectivity index (χ0) is 14.9. The predicted octanol–water partition coefficient (Wildman–Crippen LogP) is 3.15. The average Bonchev–Trinajstić information content (AvgIpc) is 2.69. The molecule has 1 N–H and O–H groups in total. The predicted molar refractivity (Wildman–Crippen MR) is 78.8 cm³/mol. The molecule has 20 heavy (non-hydrogen) atoms. The third-order valence-electron chi connectivity index (χ3n) is 3.47. The van der Waals surface area contributed by atoms with Gasteiger partial charge in [-0.25, -0.2) is 0 Å².